The number of anilines is 1. The maximum Gasteiger partial charge on any atom is 0.233 e. The van der Waals surface area contributed by atoms with E-state index >= 15 is 0 Å². The van der Waals surface area contributed by atoms with Crippen LogP contribution in [0.3, 0.4) is 0 Å². The Balaban J connectivity index is 2.14. The summed E-state index contributed by atoms with van der Waals surface area (Å²) in [4.78, 5) is 16.8. The molecule has 19 heavy (non-hydrogen) atoms. The van der Waals surface area contributed by atoms with Gasteiger partial charge in [-0.05, 0) is 44.4 Å². The van der Waals surface area contributed by atoms with Gasteiger partial charge in [0.05, 0.1) is 5.41 Å². The molecule has 1 aromatic rings. The number of hydrogen-bond donors (Lipinski definition) is 2. The van der Waals surface area contributed by atoms with E-state index in [2.05, 4.69) is 10.3 Å². The van der Waals surface area contributed by atoms with E-state index in [9.17, 15) is 4.79 Å². The molecule has 0 spiro atoms. The number of rotatable bonds is 3. The van der Waals surface area contributed by atoms with Crippen molar-refractivity contribution in [1.29, 1.82) is 0 Å². The van der Waals surface area contributed by atoms with Crippen LogP contribution in [0, 0.1) is 19.3 Å². The molecule has 104 valence electrons. The molecule has 0 atom stereocenters. The van der Waals surface area contributed by atoms with E-state index in [0.717, 1.165) is 11.3 Å². The third-order valence-electron chi connectivity index (χ3n) is 3.66. The second-order valence-electron chi connectivity index (χ2n) is 5.22. The number of aryl methyl sites for hydroxylation is 2. The van der Waals surface area contributed by atoms with Crippen molar-refractivity contribution < 1.29 is 9.53 Å². The molecule has 0 saturated carbocycles. The Hall–Kier alpha value is -1.46. The van der Waals surface area contributed by atoms with E-state index in [1.807, 2.05) is 26.0 Å². The number of pyridine rings is 1. The minimum Gasteiger partial charge on any atom is -0.381 e. The Morgan fingerprint density at radius 2 is 2.11 bits per heavy atom. The van der Waals surface area contributed by atoms with E-state index in [-0.39, 0.29) is 5.91 Å². The van der Waals surface area contributed by atoms with Crippen molar-refractivity contribution in [2.24, 2.45) is 11.1 Å². The third-order valence-corrected chi connectivity index (χ3v) is 3.66. The number of nitrogens with zero attached hydrogens (tertiary/aromatic N) is 1. The van der Waals surface area contributed by atoms with E-state index < -0.39 is 5.41 Å². The van der Waals surface area contributed by atoms with Gasteiger partial charge >= 0.3 is 0 Å². The highest BCUT2D eigenvalue weighted by Crippen LogP contribution is 2.30. The maximum atomic E-state index is 12.5. The van der Waals surface area contributed by atoms with Gasteiger partial charge in [0.25, 0.3) is 0 Å². The summed E-state index contributed by atoms with van der Waals surface area (Å²) < 4.78 is 5.31. The molecule has 5 heteroatoms. The van der Waals surface area contributed by atoms with Crippen molar-refractivity contribution in [3.8, 4) is 0 Å². The number of ether oxygens (including phenoxy) is 1. The lowest BCUT2D eigenvalue weighted by atomic mass is 9.79. The zero-order chi connectivity index (χ0) is 13.9. The number of carbonyl (C=O) groups excluding carboxylic acids is 1. The Bertz CT molecular complexity index is 448. The van der Waals surface area contributed by atoms with Gasteiger partial charge in [-0.2, -0.15) is 0 Å². The summed E-state index contributed by atoms with van der Waals surface area (Å²) >= 11 is 0. The van der Waals surface area contributed by atoms with Gasteiger partial charge in [-0.25, -0.2) is 4.98 Å². The zero-order valence-corrected chi connectivity index (χ0v) is 11.5. The molecule has 1 fully saturated rings. The first-order valence-electron chi connectivity index (χ1n) is 6.60. The van der Waals surface area contributed by atoms with Gasteiger partial charge in [0, 0.05) is 25.5 Å². The fourth-order valence-electron chi connectivity index (χ4n) is 2.44. The molecule has 1 aromatic heterocycles. The fraction of sp³-hybridized carbons (Fsp3) is 0.571. The Labute approximate surface area is 113 Å². The first kappa shape index (κ1) is 14.0. The molecule has 1 aliphatic heterocycles. The van der Waals surface area contributed by atoms with Crippen LogP contribution in [-0.4, -0.2) is 30.6 Å². The van der Waals surface area contributed by atoms with Crippen LogP contribution in [-0.2, 0) is 9.53 Å². The number of aromatic nitrogens is 1. The van der Waals surface area contributed by atoms with Gasteiger partial charge in [-0.1, -0.05) is 0 Å². The maximum absolute atomic E-state index is 12.5. The molecule has 0 bridgehead atoms. The monoisotopic (exact) mass is 263 g/mol. The minimum atomic E-state index is -0.516. The number of hydrogen-bond acceptors (Lipinski definition) is 4. The highest BCUT2D eigenvalue weighted by atomic mass is 16.5. The van der Waals surface area contributed by atoms with Crippen molar-refractivity contribution in [2.45, 2.75) is 26.7 Å². The molecule has 5 nitrogen and oxygen atoms in total. The Morgan fingerprint density at radius 3 is 2.68 bits per heavy atom. The van der Waals surface area contributed by atoms with Crippen molar-refractivity contribution in [3.05, 3.63) is 23.4 Å². The van der Waals surface area contributed by atoms with Crippen LogP contribution in [0.4, 0.5) is 5.82 Å². The van der Waals surface area contributed by atoms with E-state index in [1.54, 1.807) is 0 Å². The summed E-state index contributed by atoms with van der Waals surface area (Å²) in [7, 11) is 0. The van der Waals surface area contributed by atoms with Gasteiger partial charge in [0.1, 0.15) is 5.82 Å². The Kier molecular flexibility index (Phi) is 4.17. The molecule has 0 unspecified atom stereocenters. The molecule has 1 saturated heterocycles. The predicted octanol–water partition coefficient (Wildman–Crippen LogP) is 1.39. The lowest BCUT2D eigenvalue weighted by Crippen LogP contribution is -2.46. The smallest absolute Gasteiger partial charge is 0.233 e. The second kappa shape index (κ2) is 5.67. The molecule has 3 N–H and O–H groups in total. The van der Waals surface area contributed by atoms with Crippen molar-refractivity contribution >= 4 is 11.7 Å². The summed E-state index contributed by atoms with van der Waals surface area (Å²) in [5.74, 6) is 0.553. The van der Waals surface area contributed by atoms with Gasteiger partial charge in [0.2, 0.25) is 5.91 Å². The van der Waals surface area contributed by atoms with Crippen LogP contribution in [0.5, 0.6) is 0 Å². The summed E-state index contributed by atoms with van der Waals surface area (Å²) in [5, 5.41) is 2.90. The van der Waals surface area contributed by atoms with Crippen molar-refractivity contribution in [3.63, 3.8) is 0 Å². The zero-order valence-electron chi connectivity index (χ0n) is 11.5. The standard InChI is InChI=1S/C14H21N3O2/c1-10-7-11(2)16-12(8-10)17-13(18)14(9-15)3-5-19-6-4-14/h7-8H,3-6,9,15H2,1-2H3,(H,16,17,18). The highest BCUT2D eigenvalue weighted by Gasteiger charge is 2.38. The highest BCUT2D eigenvalue weighted by molar-refractivity contribution is 5.94. The van der Waals surface area contributed by atoms with Crippen LogP contribution in [0.15, 0.2) is 12.1 Å². The number of carbonyl (C=O) groups is 1. The number of amides is 1. The molecule has 1 amide bonds. The van der Waals surface area contributed by atoms with Crippen LogP contribution >= 0.6 is 0 Å². The lowest BCUT2D eigenvalue weighted by Gasteiger charge is -2.34. The normalized spacial score (nSPS) is 18.1. The molecular weight excluding hydrogens is 242 g/mol. The Morgan fingerprint density at radius 1 is 1.42 bits per heavy atom. The molecule has 0 radical (unpaired) electrons. The van der Waals surface area contributed by atoms with E-state index in [1.165, 1.54) is 0 Å². The average molecular weight is 263 g/mol. The van der Waals surface area contributed by atoms with Crippen LogP contribution < -0.4 is 11.1 Å². The average Bonchev–Trinajstić information content (AvgIpc) is 2.38. The SMILES string of the molecule is Cc1cc(C)nc(NC(=O)C2(CN)CCOCC2)c1. The molecule has 0 aliphatic carbocycles. The second-order valence-corrected chi connectivity index (χ2v) is 5.22. The first-order chi connectivity index (χ1) is 9.05. The van der Waals surface area contributed by atoms with Crippen LogP contribution in [0.25, 0.3) is 0 Å². The van der Waals surface area contributed by atoms with Gasteiger partial charge < -0.3 is 15.8 Å². The number of nitrogens with one attached hydrogen (secondary N) is 1. The third kappa shape index (κ3) is 3.11. The summed E-state index contributed by atoms with van der Waals surface area (Å²) in [5.41, 5.74) is 7.27. The largest absolute Gasteiger partial charge is 0.381 e. The summed E-state index contributed by atoms with van der Waals surface area (Å²) in [6.07, 6.45) is 1.33. The number of nitrogens with two attached hydrogens (primary N) is 1. The van der Waals surface area contributed by atoms with Crippen LogP contribution in [0.1, 0.15) is 24.1 Å². The van der Waals surface area contributed by atoms with Crippen LogP contribution in [0.2, 0.25) is 0 Å². The van der Waals surface area contributed by atoms with Crippen molar-refractivity contribution in [1.82, 2.24) is 4.98 Å². The topological polar surface area (TPSA) is 77.2 Å². The first-order valence-corrected chi connectivity index (χ1v) is 6.60. The quantitative estimate of drug-likeness (QED) is 0.864. The minimum absolute atomic E-state index is 0.0456. The van der Waals surface area contributed by atoms with Gasteiger partial charge in [0.15, 0.2) is 0 Å². The molecule has 2 heterocycles. The predicted molar refractivity (Wildman–Crippen MR) is 73.9 cm³/mol. The van der Waals surface area contributed by atoms with Crippen molar-refractivity contribution in [2.75, 3.05) is 25.1 Å². The van der Waals surface area contributed by atoms with E-state index in [0.29, 0.717) is 38.4 Å². The molecular formula is C14H21N3O2. The van der Waals surface area contributed by atoms with Gasteiger partial charge in [-0.3, -0.25) is 4.79 Å². The summed E-state index contributed by atoms with van der Waals surface area (Å²) in [6, 6.07) is 3.84. The fourth-order valence-corrected chi connectivity index (χ4v) is 2.44. The van der Waals surface area contributed by atoms with E-state index in [4.69, 9.17) is 10.5 Å². The molecule has 2 rings (SSSR count). The van der Waals surface area contributed by atoms with Gasteiger partial charge in [-0.15, -0.1) is 0 Å². The molecule has 0 aromatic carbocycles. The lowest BCUT2D eigenvalue weighted by molar-refractivity contribution is -0.130. The molecule has 1 aliphatic rings. The summed E-state index contributed by atoms with van der Waals surface area (Å²) in [6.45, 7) is 5.41.